The third-order valence-corrected chi connectivity index (χ3v) is 2.99. The van der Waals surface area contributed by atoms with Crippen molar-refractivity contribution in [3.05, 3.63) is 35.9 Å². The van der Waals surface area contributed by atoms with E-state index < -0.39 is 5.66 Å². The van der Waals surface area contributed by atoms with Gasteiger partial charge >= 0.3 is 0 Å². The molecule has 0 aliphatic carbocycles. The van der Waals surface area contributed by atoms with Gasteiger partial charge in [-0.25, -0.2) is 0 Å². The minimum atomic E-state index is -0.546. The van der Waals surface area contributed by atoms with E-state index in [1.165, 1.54) is 0 Å². The van der Waals surface area contributed by atoms with Gasteiger partial charge in [-0.3, -0.25) is 10.6 Å². The Balaban J connectivity index is 2.44. The summed E-state index contributed by atoms with van der Waals surface area (Å²) in [5, 5.41) is 18.0. The molecular formula is C12H17N5. The molecule has 0 atom stereocenters. The van der Waals surface area contributed by atoms with Gasteiger partial charge in [0.05, 0.1) is 0 Å². The molecule has 1 aromatic carbocycles. The lowest BCUT2D eigenvalue weighted by atomic mass is 9.96. The number of rotatable bonds is 3. The number of benzene rings is 1. The van der Waals surface area contributed by atoms with E-state index in [0.717, 1.165) is 17.1 Å². The molecule has 1 heterocycles. The summed E-state index contributed by atoms with van der Waals surface area (Å²) in [6.07, 6.45) is 0. The van der Waals surface area contributed by atoms with Gasteiger partial charge in [0, 0.05) is 12.6 Å². The quantitative estimate of drug-likeness (QED) is 0.649. The molecule has 1 aliphatic heterocycles. The van der Waals surface area contributed by atoms with Gasteiger partial charge in [-0.15, -0.1) is 10.2 Å². The highest BCUT2D eigenvalue weighted by molar-refractivity contribution is 6.23. The minimum absolute atomic E-state index is 0.546. The van der Waals surface area contributed by atoms with Crippen molar-refractivity contribution in [2.24, 2.45) is 10.2 Å². The maximum atomic E-state index is 4.27. The van der Waals surface area contributed by atoms with Gasteiger partial charge in [0.2, 0.25) is 0 Å². The average Bonchev–Trinajstić information content (AvgIpc) is 2.78. The van der Waals surface area contributed by atoms with Crippen LogP contribution >= 0.6 is 0 Å². The van der Waals surface area contributed by atoms with Crippen molar-refractivity contribution in [1.29, 1.82) is 0 Å². The van der Waals surface area contributed by atoms with Crippen molar-refractivity contribution >= 4 is 11.5 Å². The highest BCUT2D eigenvalue weighted by Gasteiger charge is 2.42. The second-order valence-corrected chi connectivity index (χ2v) is 3.76. The van der Waals surface area contributed by atoms with E-state index in [1.54, 1.807) is 0 Å². The van der Waals surface area contributed by atoms with Crippen LogP contribution in [-0.4, -0.2) is 38.4 Å². The van der Waals surface area contributed by atoms with E-state index in [1.807, 2.05) is 51.5 Å². The lowest BCUT2D eigenvalue weighted by Crippen LogP contribution is -2.66. The molecule has 1 aromatic rings. The number of nitrogens with zero attached hydrogens (tertiary/aromatic N) is 2. The lowest BCUT2D eigenvalue weighted by molar-refractivity contribution is 0.524. The van der Waals surface area contributed by atoms with Crippen molar-refractivity contribution in [3.63, 3.8) is 0 Å². The smallest absolute Gasteiger partial charge is 0.175 e. The summed E-state index contributed by atoms with van der Waals surface area (Å²) in [7, 11) is 5.60. The Hall–Kier alpha value is -1.72. The Bertz CT molecular complexity index is 445. The molecule has 5 heteroatoms. The van der Waals surface area contributed by atoms with Gasteiger partial charge in [-0.1, -0.05) is 30.3 Å². The van der Waals surface area contributed by atoms with Crippen LogP contribution in [0.15, 0.2) is 40.5 Å². The number of hydrogen-bond donors (Lipinski definition) is 3. The fourth-order valence-electron chi connectivity index (χ4n) is 2.07. The molecular weight excluding hydrogens is 214 g/mol. The predicted molar refractivity (Wildman–Crippen MR) is 70.3 cm³/mol. The second kappa shape index (κ2) is 4.65. The van der Waals surface area contributed by atoms with Crippen molar-refractivity contribution < 1.29 is 0 Å². The number of amidine groups is 1. The van der Waals surface area contributed by atoms with Crippen molar-refractivity contribution in [2.75, 3.05) is 21.1 Å². The van der Waals surface area contributed by atoms with Crippen LogP contribution in [0.2, 0.25) is 0 Å². The van der Waals surface area contributed by atoms with Crippen molar-refractivity contribution in [3.8, 4) is 0 Å². The topological polar surface area (TPSA) is 60.8 Å². The van der Waals surface area contributed by atoms with E-state index in [-0.39, 0.29) is 0 Å². The Labute approximate surface area is 101 Å². The highest BCUT2D eigenvalue weighted by atomic mass is 15.4. The Morgan fingerprint density at radius 1 is 0.941 bits per heavy atom. The maximum Gasteiger partial charge on any atom is 0.175 e. The van der Waals surface area contributed by atoms with Crippen LogP contribution in [0.25, 0.3) is 0 Å². The third kappa shape index (κ3) is 1.73. The summed E-state index contributed by atoms with van der Waals surface area (Å²) in [5.41, 5.74) is 1.37. The molecule has 17 heavy (non-hydrogen) atoms. The van der Waals surface area contributed by atoms with Gasteiger partial charge < -0.3 is 5.32 Å². The molecule has 0 amide bonds. The summed E-state index contributed by atoms with van der Waals surface area (Å²) >= 11 is 0. The summed E-state index contributed by atoms with van der Waals surface area (Å²) in [4.78, 5) is 0. The Kier molecular flexibility index (Phi) is 3.21. The van der Waals surface area contributed by atoms with Crippen LogP contribution in [0.1, 0.15) is 5.56 Å². The SMILES string of the molecule is CNC1=NN=C(c2ccccc2)C1(NC)NC. The first-order chi connectivity index (χ1) is 8.28. The lowest BCUT2D eigenvalue weighted by Gasteiger charge is -2.31. The van der Waals surface area contributed by atoms with E-state index in [2.05, 4.69) is 26.2 Å². The average molecular weight is 231 g/mol. The van der Waals surface area contributed by atoms with Crippen LogP contribution in [-0.2, 0) is 0 Å². The van der Waals surface area contributed by atoms with E-state index in [4.69, 9.17) is 0 Å². The molecule has 1 aliphatic rings. The first-order valence-electron chi connectivity index (χ1n) is 5.56. The first kappa shape index (κ1) is 11.8. The molecule has 0 fully saturated rings. The number of nitrogens with one attached hydrogen (secondary N) is 3. The molecule has 0 unspecified atom stereocenters. The zero-order valence-electron chi connectivity index (χ0n) is 10.3. The molecule has 2 rings (SSSR count). The zero-order valence-corrected chi connectivity index (χ0v) is 10.3. The van der Waals surface area contributed by atoms with E-state index >= 15 is 0 Å². The predicted octanol–water partition coefficient (Wildman–Crippen LogP) is 0.157. The highest BCUT2D eigenvalue weighted by Crippen LogP contribution is 2.18. The van der Waals surface area contributed by atoms with Gasteiger partial charge in [0.15, 0.2) is 11.5 Å². The second-order valence-electron chi connectivity index (χ2n) is 3.76. The minimum Gasteiger partial charge on any atom is -0.372 e. The number of hydrogen-bond acceptors (Lipinski definition) is 5. The molecule has 0 bridgehead atoms. The van der Waals surface area contributed by atoms with Crippen LogP contribution in [0.4, 0.5) is 0 Å². The Morgan fingerprint density at radius 2 is 1.59 bits per heavy atom. The third-order valence-electron chi connectivity index (χ3n) is 2.99. The van der Waals surface area contributed by atoms with E-state index in [9.17, 15) is 0 Å². The Morgan fingerprint density at radius 3 is 2.12 bits per heavy atom. The van der Waals surface area contributed by atoms with E-state index in [0.29, 0.717) is 0 Å². The molecule has 0 saturated heterocycles. The van der Waals surface area contributed by atoms with Gasteiger partial charge in [0.1, 0.15) is 5.71 Å². The fourth-order valence-corrected chi connectivity index (χ4v) is 2.07. The molecule has 0 aromatic heterocycles. The molecule has 0 saturated carbocycles. The van der Waals surface area contributed by atoms with Crippen LogP contribution in [0, 0.1) is 0 Å². The van der Waals surface area contributed by atoms with Gasteiger partial charge in [0.25, 0.3) is 0 Å². The maximum absolute atomic E-state index is 4.27. The molecule has 5 nitrogen and oxygen atoms in total. The summed E-state index contributed by atoms with van der Waals surface area (Å²) < 4.78 is 0. The standard InChI is InChI=1S/C12H17N5/c1-13-11-12(14-2,15-3)10(16-17-11)9-7-5-4-6-8-9/h4-8,14-15H,1-3H3,(H,13,17). The summed E-state index contributed by atoms with van der Waals surface area (Å²) in [6.45, 7) is 0. The van der Waals surface area contributed by atoms with Gasteiger partial charge in [-0.05, 0) is 14.1 Å². The fraction of sp³-hybridized carbons (Fsp3) is 0.333. The summed E-state index contributed by atoms with van der Waals surface area (Å²) in [6, 6.07) is 10.0. The molecule has 90 valence electrons. The van der Waals surface area contributed by atoms with Crippen molar-refractivity contribution in [1.82, 2.24) is 16.0 Å². The summed E-state index contributed by atoms with van der Waals surface area (Å²) in [5.74, 6) is 0.765. The molecule has 0 radical (unpaired) electrons. The van der Waals surface area contributed by atoms with Crippen molar-refractivity contribution in [2.45, 2.75) is 5.66 Å². The zero-order chi connectivity index (χ0) is 12.3. The monoisotopic (exact) mass is 231 g/mol. The van der Waals surface area contributed by atoms with Crippen LogP contribution in [0.5, 0.6) is 0 Å². The first-order valence-corrected chi connectivity index (χ1v) is 5.56. The van der Waals surface area contributed by atoms with Crippen LogP contribution < -0.4 is 16.0 Å². The van der Waals surface area contributed by atoms with Crippen LogP contribution in [0.3, 0.4) is 0 Å². The largest absolute Gasteiger partial charge is 0.372 e. The van der Waals surface area contributed by atoms with Gasteiger partial charge in [-0.2, -0.15) is 0 Å². The molecule has 0 spiro atoms. The number of likely N-dealkylation sites (N-methyl/N-ethyl adjacent to an activating group) is 3. The normalized spacial score (nSPS) is 17.6. The molecule has 3 N–H and O–H groups in total.